The Bertz CT molecular complexity index is 584. The highest BCUT2D eigenvalue weighted by atomic mass is 79.9. The number of hydrogen-bond acceptors (Lipinski definition) is 3. The fourth-order valence-electron chi connectivity index (χ4n) is 1.49. The van der Waals surface area contributed by atoms with Crippen LogP contribution in [0.2, 0.25) is 0 Å². The zero-order valence-corrected chi connectivity index (χ0v) is 12.0. The predicted molar refractivity (Wildman–Crippen MR) is 76.1 cm³/mol. The summed E-state index contributed by atoms with van der Waals surface area (Å²) in [6, 6.07) is 12.7. The van der Waals surface area contributed by atoms with Gasteiger partial charge in [-0.1, -0.05) is 27.7 Å². The smallest absolute Gasteiger partial charge is 0.258 e. The van der Waals surface area contributed by atoms with Crippen molar-refractivity contribution < 1.29 is 4.92 Å². The third kappa shape index (κ3) is 3.11. The quantitative estimate of drug-likeness (QED) is 0.601. The molecule has 92 valence electrons. The molecule has 0 saturated heterocycles. The van der Waals surface area contributed by atoms with E-state index in [0.29, 0.717) is 0 Å². The van der Waals surface area contributed by atoms with E-state index in [4.69, 9.17) is 0 Å². The van der Waals surface area contributed by atoms with Crippen LogP contribution in [0.5, 0.6) is 0 Å². The Morgan fingerprint density at radius 1 is 1.17 bits per heavy atom. The molecule has 0 bridgehead atoms. The second-order valence-corrected chi connectivity index (χ2v) is 5.79. The first-order chi connectivity index (χ1) is 8.56. The Balaban J connectivity index is 2.21. The lowest BCUT2D eigenvalue weighted by atomic mass is 10.2. The number of non-ortho nitro benzene ring substituents is 1. The molecule has 3 nitrogen and oxygen atoms in total. The molecule has 0 atom stereocenters. The highest BCUT2D eigenvalue weighted by Gasteiger charge is 2.06. The number of rotatable bonds is 3. The van der Waals surface area contributed by atoms with Crippen molar-refractivity contribution in [2.24, 2.45) is 0 Å². The molecule has 0 radical (unpaired) electrons. The van der Waals surface area contributed by atoms with Crippen LogP contribution in [0.15, 0.2) is 56.7 Å². The molecule has 0 heterocycles. The Morgan fingerprint density at radius 3 is 2.39 bits per heavy atom. The van der Waals surface area contributed by atoms with Gasteiger partial charge < -0.3 is 0 Å². The molecule has 0 aliphatic rings. The van der Waals surface area contributed by atoms with E-state index in [1.807, 2.05) is 25.1 Å². The summed E-state index contributed by atoms with van der Waals surface area (Å²) in [6.07, 6.45) is 0. The molecule has 0 spiro atoms. The molecular weight excluding hydrogens is 314 g/mol. The van der Waals surface area contributed by atoms with Gasteiger partial charge >= 0.3 is 0 Å². The van der Waals surface area contributed by atoms with Crippen LogP contribution in [0.3, 0.4) is 0 Å². The van der Waals surface area contributed by atoms with Gasteiger partial charge in [-0.3, -0.25) is 10.1 Å². The first-order valence-corrected chi connectivity index (χ1v) is 6.85. The summed E-state index contributed by atoms with van der Waals surface area (Å²) in [6.45, 7) is 2.04. The summed E-state index contributed by atoms with van der Waals surface area (Å²) < 4.78 is 1.05. The number of benzene rings is 2. The number of aryl methyl sites for hydroxylation is 1. The Labute approximate surface area is 117 Å². The lowest BCUT2D eigenvalue weighted by Crippen LogP contribution is -1.86. The highest BCUT2D eigenvalue weighted by Crippen LogP contribution is 2.32. The second-order valence-electron chi connectivity index (χ2n) is 3.76. The van der Waals surface area contributed by atoms with Gasteiger partial charge in [-0.05, 0) is 42.8 Å². The van der Waals surface area contributed by atoms with Gasteiger partial charge in [0, 0.05) is 26.4 Å². The summed E-state index contributed by atoms with van der Waals surface area (Å²) in [7, 11) is 0. The largest absolute Gasteiger partial charge is 0.269 e. The fraction of sp³-hybridized carbons (Fsp3) is 0.0769. The van der Waals surface area contributed by atoms with Crippen molar-refractivity contribution in [3.63, 3.8) is 0 Å². The van der Waals surface area contributed by atoms with Crippen molar-refractivity contribution in [1.29, 1.82) is 0 Å². The third-order valence-corrected chi connectivity index (χ3v) is 4.09. The minimum absolute atomic E-state index is 0.117. The van der Waals surface area contributed by atoms with Crippen molar-refractivity contribution >= 4 is 33.4 Å². The van der Waals surface area contributed by atoms with E-state index in [9.17, 15) is 10.1 Å². The van der Waals surface area contributed by atoms with Gasteiger partial charge in [0.25, 0.3) is 5.69 Å². The van der Waals surface area contributed by atoms with Crippen LogP contribution in [0.4, 0.5) is 5.69 Å². The molecule has 0 unspecified atom stereocenters. The van der Waals surface area contributed by atoms with Crippen molar-refractivity contribution in [3.05, 3.63) is 62.6 Å². The van der Waals surface area contributed by atoms with Crippen molar-refractivity contribution in [2.75, 3.05) is 0 Å². The third-order valence-electron chi connectivity index (χ3n) is 2.41. The molecule has 0 fully saturated rings. The molecule has 0 aliphatic heterocycles. The molecule has 0 saturated carbocycles. The van der Waals surface area contributed by atoms with E-state index in [2.05, 4.69) is 15.9 Å². The van der Waals surface area contributed by atoms with E-state index >= 15 is 0 Å². The first kappa shape index (κ1) is 13.1. The van der Waals surface area contributed by atoms with Gasteiger partial charge in [-0.15, -0.1) is 0 Å². The summed E-state index contributed by atoms with van der Waals surface area (Å²) in [5.74, 6) is 0. The molecule has 0 aromatic heterocycles. The van der Waals surface area contributed by atoms with E-state index in [-0.39, 0.29) is 10.6 Å². The zero-order valence-electron chi connectivity index (χ0n) is 9.59. The van der Waals surface area contributed by atoms with Gasteiger partial charge in [0.2, 0.25) is 0 Å². The average Bonchev–Trinajstić information content (AvgIpc) is 2.33. The Morgan fingerprint density at radius 2 is 1.83 bits per heavy atom. The van der Waals surface area contributed by atoms with Crippen LogP contribution in [-0.2, 0) is 0 Å². The normalized spacial score (nSPS) is 10.3. The van der Waals surface area contributed by atoms with Crippen LogP contribution >= 0.6 is 27.7 Å². The van der Waals surface area contributed by atoms with Crippen molar-refractivity contribution in [3.8, 4) is 0 Å². The Hall–Kier alpha value is -1.33. The fourth-order valence-corrected chi connectivity index (χ4v) is 2.85. The second kappa shape index (κ2) is 5.54. The van der Waals surface area contributed by atoms with Gasteiger partial charge in [0.15, 0.2) is 0 Å². The van der Waals surface area contributed by atoms with Crippen LogP contribution in [0, 0.1) is 17.0 Å². The van der Waals surface area contributed by atoms with Gasteiger partial charge in [0.05, 0.1) is 4.92 Å². The number of nitro groups is 1. The van der Waals surface area contributed by atoms with Crippen LogP contribution < -0.4 is 0 Å². The van der Waals surface area contributed by atoms with Crippen molar-refractivity contribution in [2.45, 2.75) is 16.7 Å². The maximum absolute atomic E-state index is 10.6. The molecule has 0 N–H and O–H groups in total. The minimum Gasteiger partial charge on any atom is -0.258 e. The average molecular weight is 324 g/mol. The molecule has 18 heavy (non-hydrogen) atoms. The summed E-state index contributed by atoms with van der Waals surface area (Å²) >= 11 is 5.02. The van der Waals surface area contributed by atoms with E-state index in [0.717, 1.165) is 14.3 Å². The molecule has 0 aliphatic carbocycles. The number of nitrogens with zero attached hydrogens (tertiary/aromatic N) is 1. The SMILES string of the molecule is Cc1cc(Br)ccc1Sc1ccc([N+](=O)[O-])cc1. The molecule has 2 aromatic carbocycles. The molecule has 2 aromatic rings. The predicted octanol–water partition coefficient (Wildman–Crippen LogP) is 4.82. The van der Waals surface area contributed by atoms with Gasteiger partial charge in [0.1, 0.15) is 0 Å². The minimum atomic E-state index is -0.390. The van der Waals surface area contributed by atoms with E-state index < -0.39 is 0 Å². The summed E-state index contributed by atoms with van der Waals surface area (Å²) in [5.41, 5.74) is 1.29. The maximum Gasteiger partial charge on any atom is 0.269 e. The molecule has 0 amide bonds. The lowest BCUT2D eigenvalue weighted by Gasteiger charge is -2.05. The number of hydrogen-bond donors (Lipinski definition) is 0. The van der Waals surface area contributed by atoms with E-state index in [1.54, 1.807) is 23.9 Å². The highest BCUT2D eigenvalue weighted by molar-refractivity contribution is 9.10. The standard InChI is InChI=1S/C13H10BrNO2S/c1-9-8-10(14)2-7-13(9)18-12-5-3-11(4-6-12)15(16)17/h2-8H,1H3. The summed E-state index contributed by atoms with van der Waals surface area (Å²) in [5, 5.41) is 10.6. The molecule has 5 heteroatoms. The maximum atomic E-state index is 10.6. The topological polar surface area (TPSA) is 43.1 Å². The van der Waals surface area contributed by atoms with E-state index in [1.165, 1.54) is 17.7 Å². The van der Waals surface area contributed by atoms with Crippen LogP contribution in [0.25, 0.3) is 0 Å². The first-order valence-electron chi connectivity index (χ1n) is 5.25. The zero-order chi connectivity index (χ0) is 13.1. The van der Waals surface area contributed by atoms with Crippen LogP contribution in [-0.4, -0.2) is 4.92 Å². The van der Waals surface area contributed by atoms with Gasteiger partial charge in [-0.25, -0.2) is 0 Å². The lowest BCUT2D eigenvalue weighted by molar-refractivity contribution is -0.384. The Kier molecular flexibility index (Phi) is 4.04. The monoisotopic (exact) mass is 323 g/mol. The van der Waals surface area contributed by atoms with Crippen LogP contribution in [0.1, 0.15) is 5.56 Å². The number of halogens is 1. The van der Waals surface area contributed by atoms with Crippen molar-refractivity contribution in [1.82, 2.24) is 0 Å². The summed E-state index contributed by atoms with van der Waals surface area (Å²) in [4.78, 5) is 12.3. The molecule has 2 rings (SSSR count). The number of nitro benzene ring substituents is 1. The molecular formula is C13H10BrNO2S. The van der Waals surface area contributed by atoms with Gasteiger partial charge in [-0.2, -0.15) is 0 Å².